The van der Waals surface area contributed by atoms with Crippen LogP contribution in [0.1, 0.15) is 25.8 Å². The van der Waals surface area contributed by atoms with Crippen LogP contribution in [-0.2, 0) is 16.0 Å². The standard InChI is InChI=1S/C20H23ClN2O3/c1-4-15-5-8-17(9-6-15)23(14(2)24)12-11-20(25)22-18-13-16(21)7-10-19(18)26-3/h5-10,13H,4,11-12H2,1-3H3,(H,22,25). The lowest BCUT2D eigenvalue weighted by atomic mass is 10.1. The molecule has 5 nitrogen and oxygen atoms in total. The van der Waals surface area contributed by atoms with Crippen molar-refractivity contribution in [2.24, 2.45) is 0 Å². The summed E-state index contributed by atoms with van der Waals surface area (Å²) < 4.78 is 5.22. The van der Waals surface area contributed by atoms with Crippen molar-refractivity contribution in [2.75, 3.05) is 23.9 Å². The largest absolute Gasteiger partial charge is 0.495 e. The predicted octanol–water partition coefficient (Wildman–Crippen LogP) is 4.29. The van der Waals surface area contributed by atoms with E-state index in [0.717, 1.165) is 12.1 Å². The van der Waals surface area contributed by atoms with Gasteiger partial charge in [0, 0.05) is 30.6 Å². The summed E-state index contributed by atoms with van der Waals surface area (Å²) in [7, 11) is 1.52. The van der Waals surface area contributed by atoms with Crippen molar-refractivity contribution in [2.45, 2.75) is 26.7 Å². The summed E-state index contributed by atoms with van der Waals surface area (Å²) in [5.74, 6) is 0.200. The summed E-state index contributed by atoms with van der Waals surface area (Å²) in [6.07, 6.45) is 1.09. The molecule has 0 spiro atoms. The van der Waals surface area contributed by atoms with Gasteiger partial charge < -0.3 is 15.0 Å². The average molecular weight is 375 g/mol. The van der Waals surface area contributed by atoms with Crippen molar-refractivity contribution in [1.29, 1.82) is 0 Å². The first-order valence-corrected chi connectivity index (χ1v) is 8.82. The van der Waals surface area contributed by atoms with Gasteiger partial charge in [-0.3, -0.25) is 9.59 Å². The summed E-state index contributed by atoms with van der Waals surface area (Å²) >= 11 is 5.97. The number of halogens is 1. The van der Waals surface area contributed by atoms with Crippen LogP contribution in [0.25, 0.3) is 0 Å². The quantitative estimate of drug-likeness (QED) is 0.786. The van der Waals surface area contributed by atoms with E-state index in [0.29, 0.717) is 16.5 Å². The van der Waals surface area contributed by atoms with E-state index in [4.69, 9.17) is 16.3 Å². The molecule has 0 aromatic heterocycles. The maximum Gasteiger partial charge on any atom is 0.226 e. The molecule has 6 heteroatoms. The van der Waals surface area contributed by atoms with Crippen molar-refractivity contribution >= 4 is 34.8 Å². The number of methoxy groups -OCH3 is 1. The van der Waals surface area contributed by atoms with Crippen molar-refractivity contribution < 1.29 is 14.3 Å². The van der Waals surface area contributed by atoms with Gasteiger partial charge in [0.2, 0.25) is 11.8 Å². The van der Waals surface area contributed by atoms with Gasteiger partial charge in [-0.1, -0.05) is 30.7 Å². The van der Waals surface area contributed by atoms with Crippen molar-refractivity contribution in [3.05, 3.63) is 53.1 Å². The van der Waals surface area contributed by atoms with Crippen LogP contribution in [0.2, 0.25) is 5.02 Å². The van der Waals surface area contributed by atoms with Crippen LogP contribution in [0.15, 0.2) is 42.5 Å². The number of hydrogen-bond acceptors (Lipinski definition) is 3. The molecule has 138 valence electrons. The zero-order valence-corrected chi connectivity index (χ0v) is 16.0. The van der Waals surface area contributed by atoms with Crippen LogP contribution in [-0.4, -0.2) is 25.5 Å². The highest BCUT2D eigenvalue weighted by Crippen LogP contribution is 2.27. The van der Waals surface area contributed by atoms with Crippen LogP contribution in [0.5, 0.6) is 5.75 Å². The Morgan fingerprint density at radius 2 is 1.85 bits per heavy atom. The number of hydrogen-bond donors (Lipinski definition) is 1. The van der Waals surface area contributed by atoms with Crippen LogP contribution in [0.3, 0.4) is 0 Å². The molecule has 0 aliphatic carbocycles. The Hall–Kier alpha value is -2.53. The molecule has 0 atom stereocenters. The second-order valence-corrected chi connectivity index (χ2v) is 6.27. The molecule has 0 fully saturated rings. The average Bonchev–Trinajstić information content (AvgIpc) is 2.62. The molecule has 2 aromatic rings. The van der Waals surface area contributed by atoms with Crippen molar-refractivity contribution in [3.8, 4) is 5.75 Å². The summed E-state index contributed by atoms with van der Waals surface area (Å²) in [5, 5.41) is 3.28. The lowest BCUT2D eigenvalue weighted by molar-refractivity contribution is -0.117. The maximum atomic E-state index is 12.3. The Balaban J connectivity index is 2.03. The molecule has 0 radical (unpaired) electrons. The number of benzene rings is 2. The zero-order chi connectivity index (χ0) is 19.1. The van der Waals surface area contributed by atoms with Gasteiger partial charge in [-0.25, -0.2) is 0 Å². The first kappa shape index (κ1) is 19.8. The number of rotatable bonds is 7. The van der Waals surface area contributed by atoms with Gasteiger partial charge in [-0.2, -0.15) is 0 Å². The minimum absolute atomic E-state index is 0.109. The van der Waals surface area contributed by atoms with E-state index in [9.17, 15) is 9.59 Å². The number of nitrogens with zero attached hydrogens (tertiary/aromatic N) is 1. The fraction of sp³-hybridized carbons (Fsp3) is 0.300. The number of amides is 2. The van der Waals surface area contributed by atoms with E-state index in [2.05, 4.69) is 12.2 Å². The van der Waals surface area contributed by atoms with Crippen molar-refractivity contribution in [3.63, 3.8) is 0 Å². The number of carbonyl (C=O) groups excluding carboxylic acids is 2. The maximum absolute atomic E-state index is 12.3. The second-order valence-electron chi connectivity index (χ2n) is 5.83. The molecular formula is C20H23ClN2O3. The van der Waals surface area contributed by atoms with Gasteiger partial charge in [0.15, 0.2) is 0 Å². The minimum atomic E-state index is -0.220. The fourth-order valence-corrected chi connectivity index (χ4v) is 2.76. The molecule has 0 unspecified atom stereocenters. The van der Waals surface area contributed by atoms with Gasteiger partial charge in [-0.05, 0) is 42.3 Å². The summed E-state index contributed by atoms with van der Waals surface area (Å²) in [4.78, 5) is 25.9. The lowest BCUT2D eigenvalue weighted by Gasteiger charge is -2.21. The highest BCUT2D eigenvalue weighted by Gasteiger charge is 2.15. The number of anilines is 2. The SMILES string of the molecule is CCc1ccc(N(CCC(=O)Nc2cc(Cl)ccc2OC)C(C)=O)cc1. The van der Waals surface area contributed by atoms with Crippen LogP contribution in [0, 0.1) is 0 Å². The highest BCUT2D eigenvalue weighted by molar-refractivity contribution is 6.31. The predicted molar refractivity (Wildman–Crippen MR) is 105 cm³/mol. The molecule has 0 saturated carbocycles. The Morgan fingerprint density at radius 1 is 1.15 bits per heavy atom. The Kier molecular flexibility index (Phi) is 7.04. The second kappa shape index (κ2) is 9.25. The van der Waals surface area contributed by atoms with E-state index in [1.807, 2.05) is 24.3 Å². The summed E-state index contributed by atoms with van der Waals surface area (Å²) in [6.45, 7) is 3.85. The van der Waals surface area contributed by atoms with E-state index >= 15 is 0 Å². The van der Waals surface area contributed by atoms with Crippen molar-refractivity contribution in [1.82, 2.24) is 0 Å². The molecule has 26 heavy (non-hydrogen) atoms. The Labute approximate surface area is 158 Å². The van der Waals surface area contributed by atoms with Crippen LogP contribution in [0.4, 0.5) is 11.4 Å². The third-order valence-corrected chi connectivity index (χ3v) is 4.27. The topological polar surface area (TPSA) is 58.6 Å². The summed E-state index contributed by atoms with van der Waals surface area (Å²) in [5.41, 5.74) is 2.48. The zero-order valence-electron chi connectivity index (χ0n) is 15.2. The first-order valence-electron chi connectivity index (χ1n) is 8.45. The van der Waals surface area contributed by atoms with E-state index < -0.39 is 0 Å². The molecule has 2 rings (SSSR count). The third kappa shape index (κ3) is 5.23. The highest BCUT2D eigenvalue weighted by atomic mass is 35.5. The fourth-order valence-electron chi connectivity index (χ4n) is 2.58. The molecule has 0 saturated heterocycles. The third-order valence-electron chi connectivity index (χ3n) is 4.03. The van der Waals surface area contributed by atoms with Gasteiger partial charge in [-0.15, -0.1) is 0 Å². The minimum Gasteiger partial charge on any atom is -0.495 e. The molecule has 0 heterocycles. The van der Waals surface area contributed by atoms with Gasteiger partial charge in [0.1, 0.15) is 5.75 Å². The van der Waals surface area contributed by atoms with Crippen LogP contribution < -0.4 is 15.0 Å². The molecule has 0 aliphatic rings. The molecule has 0 bridgehead atoms. The lowest BCUT2D eigenvalue weighted by Crippen LogP contribution is -2.32. The van der Waals surface area contributed by atoms with Gasteiger partial charge >= 0.3 is 0 Å². The normalized spacial score (nSPS) is 10.3. The van der Waals surface area contributed by atoms with Crippen LogP contribution >= 0.6 is 11.6 Å². The molecule has 2 amide bonds. The monoisotopic (exact) mass is 374 g/mol. The van der Waals surface area contributed by atoms with E-state index in [-0.39, 0.29) is 24.8 Å². The number of aryl methyl sites for hydroxylation is 1. The molecule has 0 aliphatic heterocycles. The summed E-state index contributed by atoms with van der Waals surface area (Å²) in [6, 6.07) is 12.8. The number of ether oxygens (including phenoxy) is 1. The molecule has 2 aromatic carbocycles. The Morgan fingerprint density at radius 3 is 2.42 bits per heavy atom. The number of carbonyl (C=O) groups is 2. The van der Waals surface area contributed by atoms with Gasteiger partial charge in [0.25, 0.3) is 0 Å². The smallest absolute Gasteiger partial charge is 0.226 e. The van der Waals surface area contributed by atoms with Gasteiger partial charge in [0.05, 0.1) is 12.8 Å². The molecule has 1 N–H and O–H groups in total. The Bertz CT molecular complexity index is 775. The van der Waals surface area contributed by atoms with E-state index in [1.165, 1.54) is 19.6 Å². The molecular weight excluding hydrogens is 352 g/mol. The van der Waals surface area contributed by atoms with E-state index in [1.54, 1.807) is 23.1 Å². The first-order chi connectivity index (χ1) is 12.4. The number of nitrogens with one attached hydrogen (secondary N) is 1.